The molecule has 6 heteroatoms. The second-order valence-corrected chi connectivity index (χ2v) is 6.34. The molecule has 2 aromatic carbocycles. The smallest absolute Gasteiger partial charge is 0.231 e. The van der Waals surface area contributed by atoms with Crippen molar-refractivity contribution in [2.75, 3.05) is 6.79 Å². The highest BCUT2D eigenvalue weighted by Crippen LogP contribution is 2.34. The summed E-state index contributed by atoms with van der Waals surface area (Å²) < 4.78 is 12.9. The van der Waals surface area contributed by atoms with Crippen LogP contribution in [-0.2, 0) is 12.3 Å². The molecule has 4 rings (SSSR count). The minimum absolute atomic E-state index is 0.302. The molecule has 24 heavy (non-hydrogen) atoms. The zero-order valence-corrected chi connectivity index (χ0v) is 14.1. The van der Waals surface area contributed by atoms with Crippen LogP contribution in [0.3, 0.4) is 0 Å². The number of rotatable bonds is 5. The SMILES string of the molecule is CCn1c(SCc2ccc3c(c2)OCO3)nnc1-c1ccccc1. The Morgan fingerprint density at radius 1 is 1.04 bits per heavy atom. The molecule has 122 valence electrons. The summed E-state index contributed by atoms with van der Waals surface area (Å²) in [4.78, 5) is 0. The monoisotopic (exact) mass is 339 g/mol. The van der Waals surface area contributed by atoms with E-state index in [-0.39, 0.29) is 0 Å². The molecule has 0 atom stereocenters. The Bertz CT molecular complexity index is 849. The van der Waals surface area contributed by atoms with Gasteiger partial charge >= 0.3 is 0 Å². The van der Waals surface area contributed by atoms with Crippen LogP contribution in [0.5, 0.6) is 11.5 Å². The first kappa shape index (κ1) is 15.1. The van der Waals surface area contributed by atoms with Crippen LogP contribution in [0.2, 0.25) is 0 Å². The van der Waals surface area contributed by atoms with Crippen LogP contribution in [0.25, 0.3) is 11.4 Å². The Morgan fingerprint density at radius 2 is 1.88 bits per heavy atom. The Labute approximate surface area is 144 Å². The first-order chi connectivity index (χ1) is 11.8. The van der Waals surface area contributed by atoms with E-state index in [1.165, 1.54) is 5.56 Å². The highest BCUT2D eigenvalue weighted by molar-refractivity contribution is 7.98. The van der Waals surface area contributed by atoms with E-state index in [4.69, 9.17) is 9.47 Å². The van der Waals surface area contributed by atoms with E-state index >= 15 is 0 Å². The van der Waals surface area contributed by atoms with E-state index in [1.54, 1.807) is 11.8 Å². The van der Waals surface area contributed by atoms with Crippen LogP contribution in [-0.4, -0.2) is 21.6 Å². The number of hydrogen-bond acceptors (Lipinski definition) is 5. The maximum atomic E-state index is 5.43. The molecule has 0 bridgehead atoms. The van der Waals surface area contributed by atoms with E-state index < -0.39 is 0 Å². The van der Waals surface area contributed by atoms with E-state index in [1.807, 2.05) is 30.3 Å². The number of benzene rings is 2. The standard InChI is InChI=1S/C18H17N3O2S/c1-2-21-17(14-6-4-3-5-7-14)19-20-18(21)24-11-13-8-9-15-16(10-13)23-12-22-15/h3-10H,2,11-12H2,1H3. The Balaban J connectivity index is 1.54. The zero-order valence-electron chi connectivity index (χ0n) is 13.3. The molecule has 0 saturated heterocycles. The fourth-order valence-corrected chi connectivity index (χ4v) is 3.61. The predicted octanol–water partition coefficient (Wildman–Crippen LogP) is 3.99. The number of fused-ring (bicyclic) bond motifs is 1. The first-order valence-corrected chi connectivity index (χ1v) is 8.83. The third-order valence-corrected chi connectivity index (χ3v) is 4.91. The average molecular weight is 339 g/mol. The van der Waals surface area contributed by atoms with Crippen molar-refractivity contribution in [3.05, 3.63) is 54.1 Å². The average Bonchev–Trinajstić information content (AvgIpc) is 3.26. The predicted molar refractivity (Wildman–Crippen MR) is 93.3 cm³/mol. The van der Waals surface area contributed by atoms with Gasteiger partial charge in [0.15, 0.2) is 22.5 Å². The number of thioether (sulfide) groups is 1. The molecule has 0 unspecified atom stereocenters. The van der Waals surface area contributed by atoms with Gasteiger partial charge in [-0.05, 0) is 24.6 Å². The lowest BCUT2D eigenvalue weighted by molar-refractivity contribution is 0.174. The zero-order chi connectivity index (χ0) is 16.4. The van der Waals surface area contributed by atoms with Crippen LogP contribution < -0.4 is 9.47 Å². The van der Waals surface area contributed by atoms with Gasteiger partial charge in [-0.1, -0.05) is 48.2 Å². The third kappa shape index (κ3) is 2.85. The van der Waals surface area contributed by atoms with E-state index in [0.29, 0.717) is 6.79 Å². The molecule has 0 N–H and O–H groups in total. The highest BCUT2D eigenvalue weighted by atomic mass is 32.2. The van der Waals surface area contributed by atoms with Crippen molar-refractivity contribution in [3.63, 3.8) is 0 Å². The second kappa shape index (κ2) is 6.57. The van der Waals surface area contributed by atoms with E-state index in [9.17, 15) is 0 Å². The number of aromatic nitrogens is 3. The lowest BCUT2D eigenvalue weighted by Crippen LogP contribution is -1.99. The highest BCUT2D eigenvalue weighted by Gasteiger charge is 2.15. The maximum Gasteiger partial charge on any atom is 0.231 e. The summed E-state index contributed by atoms with van der Waals surface area (Å²) in [5.74, 6) is 3.34. The fourth-order valence-electron chi connectivity index (χ4n) is 2.66. The maximum absolute atomic E-state index is 5.43. The molecule has 3 aromatic rings. The van der Waals surface area contributed by atoms with Crippen molar-refractivity contribution in [2.45, 2.75) is 24.4 Å². The van der Waals surface area contributed by atoms with Gasteiger partial charge in [0.1, 0.15) is 0 Å². The van der Waals surface area contributed by atoms with Crippen molar-refractivity contribution in [1.82, 2.24) is 14.8 Å². The molecule has 2 heterocycles. The van der Waals surface area contributed by atoms with Gasteiger partial charge in [0.2, 0.25) is 6.79 Å². The van der Waals surface area contributed by atoms with Gasteiger partial charge in [-0.15, -0.1) is 10.2 Å². The van der Waals surface area contributed by atoms with Gasteiger partial charge in [0.25, 0.3) is 0 Å². The summed E-state index contributed by atoms with van der Waals surface area (Å²) in [5, 5.41) is 9.67. The molecular formula is C18H17N3O2S. The quantitative estimate of drug-likeness (QED) is 0.658. The normalized spacial score (nSPS) is 12.5. The summed E-state index contributed by atoms with van der Waals surface area (Å²) in [7, 11) is 0. The molecule has 1 aliphatic rings. The van der Waals surface area contributed by atoms with Gasteiger partial charge in [-0.2, -0.15) is 0 Å². The van der Waals surface area contributed by atoms with E-state index in [2.05, 4.69) is 39.9 Å². The largest absolute Gasteiger partial charge is 0.454 e. The van der Waals surface area contributed by atoms with Crippen molar-refractivity contribution in [1.29, 1.82) is 0 Å². The minimum atomic E-state index is 0.302. The van der Waals surface area contributed by atoms with Gasteiger partial charge in [-0.25, -0.2) is 0 Å². The van der Waals surface area contributed by atoms with Crippen molar-refractivity contribution >= 4 is 11.8 Å². The number of hydrogen-bond donors (Lipinski definition) is 0. The molecule has 0 fully saturated rings. The number of ether oxygens (including phenoxy) is 2. The Morgan fingerprint density at radius 3 is 2.71 bits per heavy atom. The summed E-state index contributed by atoms with van der Waals surface area (Å²) in [6.45, 7) is 3.25. The summed E-state index contributed by atoms with van der Waals surface area (Å²) in [6.07, 6.45) is 0. The van der Waals surface area contributed by atoms with Gasteiger partial charge in [0, 0.05) is 17.9 Å². The Kier molecular flexibility index (Phi) is 4.13. The molecule has 0 saturated carbocycles. The van der Waals surface area contributed by atoms with Crippen molar-refractivity contribution < 1.29 is 9.47 Å². The minimum Gasteiger partial charge on any atom is -0.454 e. The van der Waals surface area contributed by atoms with Crippen LogP contribution in [0.4, 0.5) is 0 Å². The Hall–Kier alpha value is -2.47. The fraction of sp³-hybridized carbons (Fsp3) is 0.222. The molecule has 1 aromatic heterocycles. The van der Waals surface area contributed by atoms with E-state index in [0.717, 1.165) is 40.3 Å². The topological polar surface area (TPSA) is 49.2 Å². The molecule has 1 aliphatic heterocycles. The molecule has 5 nitrogen and oxygen atoms in total. The van der Waals surface area contributed by atoms with Crippen LogP contribution in [0.1, 0.15) is 12.5 Å². The first-order valence-electron chi connectivity index (χ1n) is 7.85. The summed E-state index contributed by atoms with van der Waals surface area (Å²) >= 11 is 1.68. The lowest BCUT2D eigenvalue weighted by Gasteiger charge is -2.07. The van der Waals surface area contributed by atoms with Crippen LogP contribution in [0, 0.1) is 0 Å². The van der Waals surface area contributed by atoms with Crippen molar-refractivity contribution in [2.24, 2.45) is 0 Å². The molecule has 0 radical (unpaired) electrons. The van der Waals surface area contributed by atoms with Gasteiger partial charge in [-0.3, -0.25) is 0 Å². The number of nitrogens with zero attached hydrogens (tertiary/aromatic N) is 3. The third-order valence-electron chi connectivity index (χ3n) is 3.87. The van der Waals surface area contributed by atoms with Gasteiger partial charge < -0.3 is 14.0 Å². The molecular weight excluding hydrogens is 322 g/mol. The van der Waals surface area contributed by atoms with Crippen LogP contribution in [0.15, 0.2) is 53.7 Å². The second-order valence-electron chi connectivity index (χ2n) is 5.39. The lowest BCUT2D eigenvalue weighted by atomic mass is 10.2. The molecule has 0 amide bonds. The summed E-state index contributed by atoms with van der Waals surface area (Å²) in [5.41, 5.74) is 2.26. The van der Waals surface area contributed by atoms with Crippen molar-refractivity contribution in [3.8, 4) is 22.9 Å². The van der Waals surface area contributed by atoms with Gasteiger partial charge in [0.05, 0.1) is 0 Å². The molecule has 0 spiro atoms. The molecule has 0 aliphatic carbocycles. The summed E-state index contributed by atoms with van der Waals surface area (Å²) in [6, 6.07) is 16.2. The van der Waals surface area contributed by atoms with Crippen LogP contribution >= 0.6 is 11.8 Å².